The van der Waals surface area contributed by atoms with Gasteiger partial charge in [-0.2, -0.15) is 0 Å². The summed E-state index contributed by atoms with van der Waals surface area (Å²) in [6.07, 6.45) is 0. The Morgan fingerprint density at radius 1 is 0.390 bits per heavy atom. The number of para-hydroxylation sites is 1. The normalized spacial score (nSPS) is 15.2. The van der Waals surface area contributed by atoms with Crippen LogP contribution in [0, 0.1) is 0 Å². The van der Waals surface area contributed by atoms with E-state index in [-0.39, 0.29) is 5.41 Å². The first-order valence-electron chi connectivity index (χ1n) is 14.4. The van der Waals surface area contributed by atoms with E-state index in [1.165, 1.54) is 55.6 Å². The van der Waals surface area contributed by atoms with Crippen molar-refractivity contribution < 1.29 is 4.74 Å². The smallest absolute Gasteiger partial charge is 0.132 e. The minimum atomic E-state index is -0.467. The average molecular weight is 527 g/mol. The van der Waals surface area contributed by atoms with E-state index in [0.29, 0.717) is 0 Å². The second-order valence-electron chi connectivity index (χ2n) is 11.7. The molecule has 1 heterocycles. The molecule has 1 nitrogen and oxygen atoms in total. The minimum absolute atomic E-state index is 0.239. The highest BCUT2D eigenvalue weighted by Gasteiger charge is 2.48. The molecule has 0 spiro atoms. The molecule has 0 radical (unpaired) electrons. The van der Waals surface area contributed by atoms with Crippen molar-refractivity contribution >= 4 is 0 Å². The van der Waals surface area contributed by atoms with Crippen molar-refractivity contribution in [3.8, 4) is 33.8 Å². The van der Waals surface area contributed by atoms with Crippen molar-refractivity contribution in [3.63, 3.8) is 0 Å². The Bertz CT molecular complexity index is 1890. The van der Waals surface area contributed by atoms with Crippen LogP contribution >= 0.6 is 0 Å². The Balaban J connectivity index is 1.51. The molecule has 2 aliphatic rings. The summed E-state index contributed by atoms with van der Waals surface area (Å²) in [6, 6.07) is 52.9. The summed E-state index contributed by atoms with van der Waals surface area (Å²) in [7, 11) is 0. The van der Waals surface area contributed by atoms with Crippen LogP contribution in [0.1, 0.15) is 47.2 Å². The van der Waals surface area contributed by atoms with Gasteiger partial charge in [-0.25, -0.2) is 0 Å². The second-order valence-corrected chi connectivity index (χ2v) is 11.7. The zero-order chi connectivity index (χ0) is 27.6. The quantitative estimate of drug-likeness (QED) is 0.223. The molecule has 0 N–H and O–H groups in total. The summed E-state index contributed by atoms with van der Waals surface area (Å²) in [5.74, 6) is 1.88. The van der Waals surface area contributed by atoms with Crippen molar-refractivity contribution in [2.24, 2.45) is 0 Å². The molecule has 196 valence electrons. The summed E-state index contributed by atoms with van der Waals surface area (Å²) in [4.78, 5) is 0. The molecular weight excluding hydrogens is 496 g/mol. The molecular formula is C40H30O. The summed E-state index contributed by atoms with van der Waals surface area (Å²) < 4.78 is 6.58. The molecule has 41 heavy (non-hydrogen) atoms. The van der Waals surface area contributed by atoms with Gasteiger partial charge in [0, 0.05) is 16.5 Å². The van der Waals surface area contributed by atoms with Crippen LogP contribution < -0.4 is 4.74 Å². The number of hydrogen-bond acceptors (Lipinski definition) is 1. The van der Waals surface area contributed by atoms with Gasteiger partial charge < -0.3 is 4.74 Å². The lowest BCUT2D eigenvalue weighted by molar-refractivity contribution is 0.419. The van der Waals surface area contributed by atoms with Crippen LogP contribution in [0.3, 0.4) is 0 Å². The molecule has 0 unspecified atom stereocenters. The van der Waals surface area contributed by atoms with Gasteiger partial charge in [0.2, 0.25) is 0 Å². The van der Waals surface area contributed by atoms with Crippen LogP contribution in [-0.2, 0) is 10.8 Å². The topological polar surface area (TPSA) is 9.23 Å². The first-order valence-corrected chi connectivity index (χ1v) is 14.4. The van der Waals surface area contributed by atoms with Crippen molar-refractivity contribution in [1.82, 2.24) is 0 Å². The van der Waals surface area contributed by atoms with Crippen LogP contribution in [0.15, 0.2) is 146 Å². The highest BCUT2D eigenvalue weighted by molar-refractivity contribution is 5.93. The van der Waals surface area contributed by atoms with Crippen molar-refractivity contribution in [2.75, 3.05) is 0 Å². The lowest BCUT2D eigenvalue weighted by Gasteiger charge is -2.38. The lowest BCUT2D eigenvalue weighted by atomic mass is 9.65. The van der Waals surface area contributed by atoms with Gasteiger partial charge in [-0.3, -0.25) is 0 Å². The molecule has 1 heteroatoms. The van der Waals surface area contributed by atoms with Crippen LogP contribution in [0.2, 0.25) is 0 Å². The van der Waals surface area contributed by atoms with Crippen molar-refractivity contribution in [2.45, 2.75) is 24.7 Å². The van der Waals surface area contributed by atoms with Crippen LogP contribution in [-0.4, -0.2) is 0 Å². The monoisotopic (exact) mass is 526 g/mol. The van der Waals surface area contributed by atoms with Crippen LogP contribution in [0.25, 0.3) is 22.3 Å². The Morgan fingerprint density at radius 3 is 1.54 bits per heavy atom. The van der Waals surface area contributed by atoms with E-state index >= 15 is 0 Å². The second kappa shape index (κ2) is 8.81. The van der Waals surface area contributed by atoms with Gasteiger partial charge in [0.05, 0.1) is 5.41 Å². The molecule has 0 bridgehead atoms. The van der Waals surface area contributed by atoms with Crippen LogP contribution in [0.4, 0.5) is 0 Å². The minimum Gasteiger partial charge on any atom is -0.457 e. The Morgan fingerprint density at radius 2 is 0.854 bits per heavy atom. The van der Waals surface area contributed by atoms with E-state index in [1.54, 1.807) is 0 Å². The maximum atomic E-state index is 6.58. The fourth-order valence-corrected chi connectivity index (χ4v) is 7.54. The fourth-order valence-electron chi connectivity index (χ4n) is 7.54. The standard InChI is InChI=1S/C40H30O/c1-39(2)34-24-11-12-25-35(34)41-36-26-14-22-32(38(36)39)31-21-13-20-30-29-19-9-10-23-33(29)40(37(30)31,27-15-5-3-6-16-27)28-17-7-4-8-18-28/h3-26H,1-2H3. The zero-order valence-electron chi connectivity index (χ0n) is 23.3. The number of rotatable bonds is 3. The number of benzene rings is 6. The maximum Gasteiger partial charge on any atom is 0.132 e. The molecule has 6 aromatic carbocycles. The Kier molecular flexibility index (Phi) is 5.15. The van der Waals surface area contributed by atoms with Gasteiger partial charge in [0.1, 0.15) is 11.5 Å². The molecule has 0 saturated heterocycles. The highest BCUT2D eigenvalue weighted by Crippen LogP contribution is 2.60. The first-order chi connectivity index (χ1) is 20.1. The van der Waals surface area contributed by atoms with E-state index in [0.717, 1.165) is 11.5 Å². The van der Waals surface area contributed by atoms with Gasteiger partial charge in [-0.1, -0.05) is 147 Å². The van der Waals surface area contributed by atoms with Gasteiger partial charge in [-0.15, -0.1) is 0 Å². The summed E-state index contributed by atoms with van der Waals surface area (Å²) in [5.41, 5.74) is 12.0. The molecule has 0 saturated carbocycles. The largest absolute Gasteiger partial charge is 0.457 e. The molecule has 0 atom stereocenters. The molecule has 0 amide bonds. The molecule has 1 aliphatic heterocycles. The number of fused-ring (bicyclic) bond motifs is 5. The predicted octanol–water partition coefficient (Wildman–Crippen LogP) is 10.1. The maximum absolute atomic E-state index is 6.58. The Labute approximate surface area is 241 Å². The van der Waals surface area contributed by atoms with E-state index < -0.39 is 5.41 Å². The lowest BCUT2D eigenvalue weighted by Crippen LogP contribution is -2.30. The SMILES string of the molecule is CC1(C)c2ccccc2Oc2cccc(-c3cccc4c3C(c3ccccc3)(c3ccccc3)c3ccccc3-4)c21. The average Bonchev–Trinajstić information content (AvgIpc) is 3.33. The summed E-state index contributed by atoms with van der Waals surface area (Å²) in [5, 5.41) is 0. The molecule has 0 fully saturated rings. The van der Waals surface area contributed by atoms with Gasteiger partial charge in [-0.05, 0) is 56.6 Å². The zero-order valence-corrected chi connectivity index (χ0v) is 23.3. The Hall–Kier alpha value is -4.88. The third kappa shape index (κ3) is 3.24. The molecule has 6 aromatic rings. The fraction of sp³-hybridized carbons (Fsp3) is 0.100. The summed E-state index contributed by atoms with van der Waals surface area (Å²) in [6.45, 7) is 4.66. The van der Waals surface area contributed by atoms with Crippen molar-refractivity contribution in [3.05, 3.63) is 179 Å². The third-order valence-corrected chi connectivity index (χ3v) is 9.20. The third-order valence-electron chi connectivity index (χ3n) is 9.20. The number of ether oxygens (including phenoxy) is 1. The van der Waals surface area contributed by atoms with Gasteiger partial charge >= 0.3 is 0 Å². The van der Waals surface area contributed by atoms with E-state index in [9.17, 15) is 0 Å². The van der Waals surface area contributed by atoms with Gasteiger partial charge in [0.25, 0.3) is 0 Å². The van der Waals surface area contributed by atoms with Crippen molar-refractivity contribution in [1.29, 1.82) is 0 Å². The summed E-state index contributed by atoms with van der Waals surface area (Å²) >= 11 is 0. The van der Waals surface area contributed by atoms with E-state index in [4.69, 9.17) is 4.74 Å². The molecule has 0 aromatic heterocycles. The molecule has 1 aliphatic carbocycles. The van der Waals surface area contributed by atoms with Gasteiger partial charge in [0.15, 0.2) is 0 Å². The molecule has 8 rings (SSSR count). The first kappa shape index (κ1) is 24.0. The number of hydrogen-bond donors (Lipinski definition) is 0. The predicted molar refractivity (Wildman–Crippen MR) is 168 cm³/mol. The van der Waals surface area contributed by atoms with E-state index in [1.807, 2.05) is 0 Å². The van der Waals surface area contributed by atoms with E-state index in [2.05, 4.69) is 159 Å². The highest BCUT2D eigenvalue weighted by atomic mass is 16.5. The van der Waals surface area contributed by atoms with Crippen LogP contribution in [0.5, 0.6) is 11.5 Å².